The summed E-state index contributed by atoms with van der Waals surface area (Å²) in [5.74, 6) is -0.0168. The molecule has 0 aliphatic heterocycles. The molecule has 0 N–H and O–H groups in total. The van der Waals surface area contributed by atoms with Crippen LogP contribution in [0.1, 0.15) is 18.7 Å². The summed E-state index contributed by atoms with van der Waals surface area (Å²) < 4.78 is 19.6. The van der Waals surface area contributed by atoms with E-state index in [4.69, 9.17) is 16.3 Å². The molecule has 1 unspecified atom stereocenters. The van der Waals surface area contributed by atoms with Crippen LogP contribution in [-0.4, -0.2) is 34.8 Å². The summed E-state index contributed by atoms with van der Waals surface area (Å²) in [6, 6.07) is 7.15. The van der Waals surface area contributed by atoms with Gasteiger partial charge in [-0.15, -0.1) is 11.6 Å². The second-order valence-electron chi connectivity index (χ2n) is 4.97. The number of aryl methyl sites for hydroxylation is 1. The van der Waals surface area contributed by atoms with Crippen LogP contribution in [0.2, 0.25) is 0 Å². The third-order valence-corrected chi connectivity index (χ3v) is 3.67. The lowest BCUT2D eigenvalue weighted by atomic mass is 10.1. The van der Waals surface area contributed by atoms with Gasteiger partial charge in [0.25, 0.3) is 0 Å². The number of nitrogens with zero attached hydrogens (tertiary/aromatic N) is 3. The minimum Gasteiger partial charge on any atom is -0.489 e. The highest BCUT2D eigenvalue weighted by atomic mass is 35.5. The Bertz CT molecular complexity index is 649. The van der Waals surface area contributed by atoms with Crippen LogP contribution in [-0.2, 0) is 4.79 Å². The third kappa shape index (κ3) is 3.82. The molecule has 0 radical (unpaired) electrons. The minimum absolute atomic E-state index is 0.0739. The van der Waals surface area contributed by atoms with Crippen molar-refractivity contribution < 1.29 is 13.9 Å². The maximum atomic E-state index is 12.5. The van der Waals surface area contributed by atoms with Gasteiger partial charge in [0.2, 0.25) is 5.91 Å². The molecule has 1 heterocycles. The molecule has 0 aliphatic carbocycles. The smallest absolute Gasteiger partial charge is 0.243 e. The van der Waals surface area contributed by atoms with Gasteiger partial charge in [0, 0.05) is 12.4 Å². The van der Waals surface area contributed by atoms with Crippen LogP contribution in [0.5, 0.6) is 5.75 Å². The number of ether oxygens (including phenoxy) is 1. The molecule has 5 nitrogen and oxygen atoms in total. The number of para-hydroxylation sites is 1. The number of aromatic nitrogens is 2. The van der Waals surface area contributed by atoms with E-state index in [1.54, 1.807) is 35.3 Å². The van der Waals surface area contributed by atoms with Gasteiger partial charge in [-0.25, -0.2) is 9.07 Å². The maximum Gasteiger partial charge on any atom is 0.243 e. The van der Waals surface area contributed by atoms with Crippen molar-refractivity contribution >= 4 is 23.2 Å². The van der Waals surface area contributed by atoms with Gasteiger partial charge in [0.05, 0.1) is 5.69 Å². The van der Waals surface area contributed by atoms with Crippen molar-refractivity contribution in [1.82, 2.24) is 9.78 Å². The van der Waals surface area contributed by atoms with Crippen LogP contribution in [0.3, 0.4) is 0 Å². The molecule has 2 aromatic rings. The first-order valence-corrected chi connectivity index (χ1v) is 7.79. The van der Waals surface area contributed by atoms with E-state index in [1.165, 1.54) is 4.90 Å². The van der Waals surface area contributed by atoms with Crippen molar-refractivity contribution in [2.24, 2.45) is 0 Å². The van der Waals surface area contributed by atoms with E-state index < -0.39 is 12.8 Å². The highest BCUT2D eigenvalue weighted by molar-refractivity contribution is 6.29. The Morgan fingerprint density at radius 3 is 2.87 bits per heavy atom. The highest BCUT2D eigenvalue weighted by Gasteiger charge is 2.27. The molecule has 124 valence electrons. The van der Waals surface area contributed by atoms with Crippen LogP contribution >= 0.6 is 11.6 Å². The largest absolute Gasteiger partial charge is 0.489 e. The van der Waals surface area contributed by atoms with Crippen LogP contribution in [0.25, 0.3) is 0 Å². The average Bonchev–Trinajstić information content (AvgIpc) is 3.09. The van der Waals surface area contributed by atoms with E-state index in [-0.39, 0.29) is 18.4 Å². The summed E-state index contributed by atoms with van der Waals surface area (Å²) in [6.45, 7) is 3.02. The van der Waals surface area contributed by atoms with Gasteiger partial charge in [-0.3, -0.25) is 9.69 Å². The first kappa shape index (κ1) is 17.3. The Labute approximate surface area is 139 Å². The number of anilines is 1. The van der Waals surface area contributed by atoms with Gasteiger partial charge in [-0.1, -0.05) is 12.1 Å². The number of carbonyl (C=O) groups excluding carboxylic acids is 1. The first-order valence-electron chi connectivity index (χ1n) is 7.25. The number of benzene rings is 1. The second-order valence-corrected chi connectivity index (χ2v) is 5.24. The van der Waals surface area contributed by atoms with E-state index in [0.29, 0.717) is 11.4 Å². The van der Waals surface area contributed by atoms with E-state index in [9.17, 15) is 9.18 Å². The lowest BCUT2D eigenvalue weighted by Crippen LogP contribution is -2.38. The summed E-state index contributed by atoms with van der Waals surface area (Å²) in [7, 11) is 0. The third-order valence-electron chi connectivity index (χ3n) is 3.44. The summed E-state index contributed by atoms with van der Waals surface area (Å²) in [5.41, 5.74) is 1.41. The van der Waals surface area contributed by atoms with Gasteiger partial charge in [-0.05, 0) is 31.5 Å². The van der Waals surface area contributed by atoms with Gasteiger partial charge >= 0.3 is 0 Å². The molecule has 2 rings (SSSR count). The van der Waals surface area contributed by atoms with E-state index in [1.807, 2.05) is 19.9 Å². The number of hydrogen-bond acceptors (Lipinski definition) is 3. The molecule has 0 saturated carbocycles. The Hall–Kier alpha value is -2.08. The molecule has 0 bridgehead atoms. The van der Waals surface area contributed by atoms with Crippen LogP contribution in [0, 0.1) is 6.92 Å². The summed E-state index contributed by atoms with van der Waals surface area (Å²) in [5, 5.41) is 4.18. The average molecular weight is 340 g/mol. The number of hydrogen-bond donors (Lipinski definition) is 0. The standard InChI is InChI=1S/C16H19ClFN3O2/c1-12-5-3-6-14(23-10-7-18)16(12)21(15(22)11-17)13(2)20-9-4-8-19-20/h3-6,8-9,13H,7,10-11H2,1-2H3. The molecule has 0 saturated heterocycles. The number of amides is 1. The van der Waals surface area contributed by atoms with Gasteiger partial charge in [0.15, 0.2) is 0 Å². The normalized spacial score (nSPS) is 12.0. The zero-order valence-electron chi connectivity index (χ0n) is 13.1. The zero-order chi connectivity index (χ0) is 16.8. The molecule has 0 spiro atoms. The van der Waals surface area contributed by atoms with Crippen molar-refractivity contribution in [3.05, 3.63) is 42.2 Å². The molecule has 23 heavy (non-hydrogen) atoms. The molecule has 1 aromatic carbocycles. The Balaban J connectivity index is 2.49. The Morgan fingerprint density at radius 1 is 1.48 bits per heavy atom. The fraction of sp³-hybridized carbons (Fsp3) is 0.375. The molecule has 7 heteroatoms. The molecular weight excluding hydrogens is 321 g/mol. The van der Waals surface area contributed by atoms with Crippen LogP contribution < -0.4 is 9.64 Å². The lowest BCUT2D eigenvalue weighted by Gasteiger charge is -2.31. The first-order chi connectivity index (χ1) is 11.1. The summed E-state index contributed by atoms with van der Waals surface area (Å²) >= 11 is 5.79. The maximum absolute atomic E-state index is 12.5. The molecular formula is C16H19ClFN3O2. The molecule has 0 fully saturated rings. The SMILES string of the molecule is Cc1cccc(OCCF)c1N(C(=O)CCl)C(C)n1cccn1. The van der Waals surface area contributed by atoms with Crippen molar-refractivity contribution in [2.45, 2.75) is 20.0 Å². The lowest BCUT2D eigenvalue weighted by molar-refractivity contribution is -0.117. The van der Waals surface area contributed by atoms with Gasteiger partial charge < -0.3 is 4.74 Å². The highest BCUT2D eigenvalue weighted by Crippen LogP contribution is 2.35. The monoisotopic (exact) mass is 339 g/mol. The molecule has 1 aromatic heterocycles. The van der Waals surface area contributed by atoms with Crippen molar-refractivity contribution in [3.8, 4) is 5.75 Å². The van der Waals surface area contributed by atoms with Crippen LogP contribution in [0.15, 0.2) is 36.7 Å². The number of carbonyl (C=O) groups is 1. The summed E-state index contributed by atoms with van der Waals surface area (Å²) in [4.78, 5) is 14.0. The van der Waals surface area contributed by atoms with Crippen molar-refractivity contribution in [2.75, 3.05) is 24.1 Å². The topological polar surface area (TPSA) is 47.4 Å². The zero-order valence-corrected chi connectivity index (χ0v) is 13.8. The minimum atomic E-state index is -0.606. The Kier molecular flexibility index (Phi) is 5.98. The van der Waals surface area contributed by atoms with Gasteiger partial charge in [0.1, 0.15) is 31.1 Å². The molecule has 1 amide bonds. The molecule has 1 atom stereocenters. The molecule has 0 aliphatic rings. The van der Waals surface area contributed by atoms with E-state index in [2.05, 4.69) is 5.10 Å². The Morgan fingerprint density at radius 2 is 2.26 bits per heavy atom. The summed E-state index contributed by atoms with van der Waals surface area (Å²) in [6.07, 6.45) is 3.00. The van der Waals surface area contributed by atoms with Crippen LogP contribution in [0.4, 0.5) is 10.1 Å². The number of alkyl halides is 2. The predicted octanol–water partition coefficient (Wildman–Crippen LogP) is 3.33. The fourth-order valence-electron chi connectivity index (χ4n) is 2.41. The second kappa shape index (κ2) is 7.97. The van der Waals surface area contributed by atoms with E-state index >= 15 is 0 Å². The number of halogens is 2. The van der Waals surface area contributed by atoms with Crippen molar-refractivity contribution in [1.29, 1.82) is 0 Å². The fourth-order valence-corrected chi connectivity index (χ4v) is 2.54. The van der Waals surface area contributed by atoms with Gasteiger partial charge in [-0.2, -0.15) is 5.10 Å². The quantitative estimate of drug-likeness (QED) is 0.727. The van der Waals surface area contributed by atoms with Crippen molar-refractivity contribution in [3.63, 3.8) is 0 Å². The predicted molar refractivity (Wildman–Crippen MR) is 87.8 cm³/mol. The number of rotatable bonds is 7. The van der Waals surface area contributed by atoms with E-state index in [0.717, 1.165) is 5.56 Å².